The van der Waals surface area contributed by atoms with E-state index in [1.807, 2.05) is 19.9 Å². The van der Waals surface area contributed by atoms with Gasteiger partial charge in [-0.05, 0) is 45.2 Å². The highest BCUT2D eigenvalue weighted by Crippen LogP contribution is 2.24. The standard InChI is InChI=1S/C19H25N3O2/c1-13(2)21-19(23)18-16-12-15(8-9-17(16)24-22-18)20-11-10-14-6-4-3-5-7-14/h3-7,13,15,20H,8-12H2,1-2H3,(H,21,23). The Hall–Kier alpha value is -2.14. The number of nitrogens with one attached hydrogen (secondary N) is 2. The average Bonchev–Trinajstić information content (AvgIpc) is 2.98. The van der Waals surface area contributed by atoms with Crippen molar-refractivity contribution >= 4 is 5.91 Å². The molecule has 0 fully saturated rings. The first-order valence-corrected chi connectivity index (χ1v) is 8.69. The zero-order valence-corrected chi connectivity index (χ0v) is 14.3. The number of hydrogen-bond donors (Lipinski definition) is 2. The van der Waals surface area contributed by atoms with Gasteiger partial charge in [0.1, 0.15) is 5.76 Å². The van der Waals surface area contributed by atoms with E-state index in [4.69, 9.17) is 4.52 Å². The predicted molar refractivity (Wildman–Crippen MR) is 93.1 cm³/mol. The molecule has 5 nitrogen and oxygen atoms in total. The van der Waals surface area contributed by atoms with Crippen molar-refractivity contribution in [1.29, 1.82) is 0 Å². The minimum atomic E-state index is -0.139. The lowest BCUT2D eigenvalue weighted by Crippen LogP contribution is -2.37. The average molecular weight is 327 g/mol. The second-order valence-corrected chi connectivity index (χ2v) is 6.69. The van der Waals surface area contributed by atoms with Gasteiger partial charge in [-0.3, -0.25) is 4.79 Å². The van der Waals surface area contributed by atoms with E-state index >= 15 is 0 Å². The molecule has 0 saturated carbocycles. The topological polar surface area (TPSA) is 67.2 Å². The fourth-order valence-corrected chi connectivity index (χ4v) is 3.15. The summed E-state index contributed by atoms with van der Waals surface area (Å²) in [5.41, 5.74) is 2.76. The second kappa shape index (κ2) is 7.62. The molecule has 2 aromatic rings. The molecule has 2 N–H and O–H groups in total. The van der Waals surface area contributed by atoms with E-state index in [1.54, 1.807) is 0 Å². The summed E-state index contributed by atoms with van der Waals surface area (Å²) in [5.74, 6) is 0.727. The van der Waals surface area contributed by atoms with Gasteiger partial charge in [0.25, 0.3) is 5.91 Å². The summed E-state index contributed by atoms with van der Waals surface area (Å²) in [6.45, 7) is 4.82. The van der Waals surface area contributed by atoms with Crippen molar-refractivity contribution in [2.75, 3.05) is 6.54 Å². The summed E-state index contributed by atoms with van der Waals surface area (Å²) in [6, 6.07) is 10.9. The molecule has 0 aliphatic heterocycles. The zero-order valence-electron chi connectivity index (χ0n) is 14.3. The molecule has 24 heavy (non-hydrogen) atoms. The van der Waals surface area contributed by atoms with Gasteiger partial charge in [0.2, 0.25) is 0 Å². The number of benzene rings is 1. The van der Waals surface area contributed by atoms with E-state index in [9.17, 15) is 4.79 Å². The SMILES string of the molecule is CC(C)NC(=O)c1noc2c1CC(NCCc1ccccc1)CC2. The Morgan fingerprint density at radius 3 is 2.88 bits per heavy atom. The molecular formula is C19H25N3O2. The molecule has 3 rings (SSSR count). The van der Waals surface area contributed by atoms with Crippen molar-refractivity contribution in [1.82, 2.24) is 15.8 Å². The van der Waals surface area contributed by atoms with Crippen molar-refractivity contribution in [3.05, 3.63) is 52.9 Å². The fraction of sp³-hybridized carbons (Fsp3) is 0.474. The molecular weight excluding hydrogens is 302 g/mol. The predicted octanol–water partition coefficient (Wildman–Crippen LogP) is 2.50. The number of aromatic nitrogens is 1. The third-order valence-electron chi connectivity index (χ3n) is 4.36. The lowest BCUT2D eigenvalue weighted by molar-refractivity contribution is 0.0933. The number of nitrogens with zero attached hydrogens (tertiary/aromatic N) is 1. The molecule has 0 saturated heterocycles. The molecule has 1 atom stereocenters. The molecule has 1 amide bonds. The first-order chi connectivity index (χ1) is 11.6. The quantitative estimate of drug-likeness (QED) is 0.855. The maximum absolute atomic E-state index is 12.2. The van der Waals surface area contributed by atoms with Crippen LogP contribution < -0.4 is 10.6 Å². The Kier molecular flexibility index (Phi) is 5.30. The van der Waals surface area contributed by atoms with Crippen LogP contribution >= 0.6 is 0 Å². The van der Waals surface area contributed by atoms with Crippen LogP contribution in [-0.4, -0.2) is 29.7 Å². The summed E-state index contributed by atoms with van der Waals surface area (Å²) in [6.07, 6.45) is 3.66. The van der Waals surface area contributed by atoms with Gasteiger partial charge < -0.3 is 15.2 Å². The van der Waals surface area contributed by atoms with E-state index in [-0.39, 0.29) is 11.9 Å². The zero-order chi connectivity index (χ0) is 16.9. The van der Waals surface area contributed by atoms with Crippen LogP contribution in [0.4, 0.5) is 0 Å². The number of amides is 1. The van der Waals surface area contributed by atoms with Crippen molar-refractivity contribution in [3.63, 3.8) is 0 Å². The van der Waals surface area contributed by atoms with E-state index < -0.39 is 0 Å². The van der Waals surface area contributed by atoms with Crippen LogP contribution in [0.25, 0.3) is 0 Å². The molecule has 1 aromatic carbocycles. The summed E-state index contributed by atoms with van der Waals surface area (Å²) in [5, 5.41) is 10.5. The first-order valence-electron chi connectivity index (χ1n) is 8.69. The third-order valence-corrected chi connectivity index (χ3v) is 4.36. The summed E-state index contributed by atoms with van der Waals surface area (Å²) in [4.78, 5) is 12.2. The van der Waals surface area contributed by atoms with Crippen molar-refractivity contribution in [3.8, 4) is 0 Å². The molecule has 1 aliphatic rings. The summed E-state index contributed by atoms with van der Waals surface area (Å²) >= 11 is 0. The highest BCUT2D eigenvalue weighted by molar-refractivity contribution is 5.94. The first kappa shape index (κ1) is 16.7. The van der Waals surface area contributed by atoms with E-state index in [1.165, 1.54) is 5.56 Å². The number of carbonyl (C=O) groups excluding carboxylic acids is 1. The van der Waals surface area contributed by atoms with Gasteiger partial charge in [-0.25, -0.2) is 0 Å². The molecule has 128 valence electrons. The second-order valence-electron chi connectivity index (χ2n) is 6.69. The molecule has 1 aromatic heterocycles. The third kappa shape index (κ3) is 4.03. The van der Waals surface area contributed by atoms with Gasteiger partial charge in [-0.15, -0.1) is 0 Å². The maximum Gasteiger partial charge on any atom is 0.273 e. The van der Waals surface area contributed by atoms with Crippen molar-refractivity contribution in [2.45, 2.75) is 51.6 Å². The number of fused-ring (bicyclic) bond motifs is 1. The number of carbonyl (C=O) groups is 1. The normalized spacial score (nSPS) is 16.9. The minimum absolute atomic E-state index is 0.0910. The summed E-state index contributed by atoms with van der Waals surface area (Å²) in [7, 11) is 0. The molecule has 1 unspecified atom stereocenters. The van der Waals surface area contributed by atoms with Crippen LogP contribution in [0.3, 0.4) is 0 Å². The molecule has 1 aliphatic carbocycles. The lowest BCUT2D eigenvalue weighted by Gasteiger charge is -2.22. The maximum atomic E-state index is 12.2. The monoisotopic (exact) mass is 327 g/mol. The van der Waals surface area contributed by atoms with Gasteiger partial charge >= 0.3 is 0 Å². The van der Waals surface area contributed by atoms with Crippen LogP contribution in [-0.2, 0) is 19.3 Å². The van der Waals surface area contributed by atoms with Gasteiger partial charge in [-0.1, -0.05) is 35.5 Å². The van der Waals surface area contributed by atoms with Gasteiger partial charge in [0.05, 0.1) is 0 Å². The number of hydrogen-bond acceptors (Lipinski definition) is 4. The van der Waals surface area contributed by atoms with E-state index in [0.717, 1.165) is 43.6 Å². The van der Waals surface area contributed by atoms with Gasteiger partial charge in [0.15, 0.2) is 5.69 Å². The molecule has 0 radical (unpaired) electrons. The largest absolute Gasteiger partial charge is 0.360 e. The van der Waals surface area contributed by atoms with Crippen LogP contribution in [0.1, 0.15) is 47.6 Å². The Bertz CT molecular complexity index is 679. The Morgan fingerprint density at radius 1 is 1.33 bits per heavy atom. The number of rotatable bonds is 6. The van der Waals surface area contributed by atoms with Gasteiger partial charge in [-0.2, -0.15) is 0 Å². The highest BCUT2D eigenvalue weighted by Gasteiger charge is 2.28. The lowest BCUT2D eigenvalue weighted by atomic mass is 9.91. The Balaban J connectivity index is 1.57. The Morgan fingerprint density at radius 2 is 2.12 bits per heavy atom. The summed E-state index contributed by atoms with van der Waals surface area (Å²) < 4.78 is 5.37. The number of aryl methyl sites for hydroxylation is 1. The van der Waals surface area contributed by atoms with E-state index in [0.29, 0.717) is 11.7 Å². The fourth-order valence-electron chi connectivity index (χ4n) is 3.15. The van der Waals surface area contributed by atoms with Crippen LogP contribution in [0.5, 0.6) is 0 Å². The van der Waals surface area contributed by atoms with E-state index in [2.05, 4.69) is 40.1 Å². The molecule has 5 heteroatoms. The smallest absolute Gasteiger partial charge is 0.273 e. The Labute approximate surface area is 142 Å². The highest BCUT2D eigenvalue weighted by atomic mass is 16.5. The van der Waals surface area contributed by atoms with Crippen molar-refractivity contribution < 1.29 is 9.32 Å². The molecule has 1 heterocycles. The van der Waals surface area contributed by atoms with Crippen LogP contribution in [0, 0.1) is 0 Å². The molecule has 0 bridgehead atoms. The molecule has 0 spiro atoms. The minimum Gasteiger partial charge on any atom is -0.360 e. The van der Waals surface area contributed by atoms with Crippen LogP contribution in [0.15, 0.2) is 34.9 Å². The van der Waals surface area contributed by atoms with Gasteiger partial charge in [0, 0.05) is 24.1 Å². The van der Waals surface area contributed by atoms with Crippen molar-refractivity contribution in [2.24, 2.45) is 0 Å². The van der Waals surface area contributed by atoms with Crippen LogP contribution in [0.2, 0.25) is 0 Å².